The summed E-state index contributed by atoms with van der Waals surface area (Å²) in [5.41, 5.74) is 0.975. The Bertz CT molecular complexity index is 1540. The van der Waals surface area contributed by atoms with Crippen LogP contribution < -0.4 is 9.62 Å². The van der Waals surface area contributed by atoms with Gasteiger partial charge in [0.1, 0.15) is 12.6 Å². The number of aryl methyl sites for hydroxylation is 1. The number of benzene rings is 3. The molecule has 0 saturated heterocycles. The maximum Gasteiger partial charge on any atom is 0.271 e. The standard InChI is InChI=1S/C30H35ClN4O6S/c1-21-11-16-25(35(38)39)18-26(21)34(42(5,40)41)20-28(36)33(19-23-12-14-24(31)15-13-23)27(29(37)32-30(2,3)4)17-22-9-7-6-8-10-22/h6-16,18,27H,17,19-20H2,1-5H3,(H,32,37)/t27-/m0/s1. The molecule has 3 aromatic carbocycles. The Balaban J connectivity index is 2.12. The van der Waals surface area contributed by atoms with Gasteiger partial charge in [-0.2, -0.15) is 0 Å². The summed E-state index contributed by atoms with van der Waals surface area (Å²) in [6, 6.07) is 18.8. The van der Waals surface area contributed by atoms with Crippen molar-refractivity contribution in [3.8, 4) is 0 Å². The third kappa shape index (κ3) is 9.02. The molecule has 0 unspecified atom stereocenters. The van der Waals surface area contributed by atoms with Crippen LogP contribution in [0.2, 0.25) is 5.02 Å². The van der Waals surface area contributed by atoms with E-state index >= 15 is 0 Å². The Kier molecular flexibility index (Phi) is 10.3. The fourth-order valence-corrected chi connectivity index (χ4v) is 5.39. The summed E-state index contributed by atoms with van der Waals surface area (Å²) in [7, 11) is -4.08. The first-order valence-corrected chi connectivity index (χ1v) is 15.4. The van der Waals surface area contributed by atoms with Crippen molar-refractivity contribution in [2.24, 2.45) is 0 Å². The molecule has 1 N–H and O–H groups in total. The summed E-state index contributed by atoms with van der Waals surface area (Å²) in [5.74, 6) is -1.07. The number of halogens is 1. The molecule has 0 heterocycles. The average molecular weight is 615 g/mol. The fraction of sp³-hybridized carbons (Fsp3) is 0.333. The minimum absolute atomic E-state index is 0.00486. The van der Waals surface area contributed by atoms with Gasteiger partial charge in [-0.3, -0.25) is 24.0 Å². The van der Waals surface area contributed by atoms with E-state index in [1.165, 1.54) is 17.0 Å². The normalized spacial score (nSPS) is 12.3. The van der Waals surface area contributed by atoms with Crippen molar-refractivity contribution >= 4 is 44.8 Å². The topological polar surface area (TPSA) is 130 Å². The Hall–Kier alpha value is -3.96. The van der Waals surface area contributed by atoms with E-state index in [0.717, 1.165) is 22.2 Å². The van der Waals surface area contributed by atoms with Crippen LogP contribution in [0.25, 0.3) is 0 Å². The molecule has 224 valence electrons. The highest BCUT2D eigenvalue weighted by molar-refractivity contribution is 7.92. The summed E-state index contributed by atoms with van der Waals surface area (Å²) in [6.45, 7) is 6.38. The Morgan fingerprint density at radius 1 is 1.00 bits per heavy atom. The number of nitro benzene ring substituents is 1. The first-order valence-electron chi connectivity index (χ1n) is 13.2. The number of sulfonamides is 1. The van der Waals surface area contributed by atoms with Gasteiger partial charge in [0.25, 0.3) is 5.69 Å². The van der Waals surface area contributed by atoms with Crippen LogP contribution in [0.3, 0.4) is 0 Å². The van der Waals surface area contributed by atoms with Gasteiger partial charge in [-0.25, -0.2) is 8.42 Å². The number of carbonyl (C=O) groups excluding carboxylic acids is 2. The molecule has 0 fully saturated rings. The van der Waals surface area contributed by atoms with E-state index in [1.807, 2.05) is 51.1 Å². The van der Waals surface area contributed by atoms with E-state index in [9.17, 15) is 28.1 Å². The van der Waals surface area contributed by atoms with E-state index in [2.05, 4.69) is 5.32 Å². The van der Waals surface area contributed by atoms with Crippen molar-refractivity contribution in [3.05, 3.63) is 105 Å². The van der Waals surface area contributed by atoms with Crippen molar-refractivity contribution < 1.29 is 22.9 Å². The quantitative estimate of drug-likeness (QED) is 0.242. The Morgan fingerprint density at radius 2 is 1.62 bits per heavy atom. The molecule has 0 aliphatic carbocycles. The van der Waals surface area contributed by atoms with Crippen molar-refractivity contribution in [1.82, 2.24) is 10.2 Å². The van der Waals surface area contributed by atoms with Crippen LogP contribution in [0, 0.1) is 17.0 Å². The largest absolute Gasteiger partial charge is 0.350 e. The van der Waals surface area contributed by atoms with E-state index in [0.29, 0.717) is 16.1 Å². The van der Waals surface area contributed by atoms with Gasteiger partial charge >= 0.3 is 0 Å². The summed E-state index contributed by atoms with van der Waals surface area (Å²) >= 11 is 6.07. The minimum atomic E-state index is -4.08. The molecule has 0 radical (unpaired) electrons. The van der Waals surface area contributed by atoms with Gasteiger partial charge in [0, 0.05) is 35.7 Å². The zero-order valence-corrected chi connectivity index (χ0v) is 25.8. The number of rotatable bonds is 11. The zero-order chi connectivity index (χ0) is 31.2. The molecule has 0 bridgehead atoms. The van der Waals surface area contributed by atoms with Gasteiger partial charge in [0.2, 0.25) is 21.8 Å². The first-order chi connectivity index (χ1) is 19.5. The van der Waals surface area contributed by atoms with E-state index in [-0.39, 0.29) is 24.3 Å². The van der Waals surface area contributed by atoms with Gasteiger partial charge in [0.05, 0.1) is 16.9 Å². The van der Waals surface area contributed by atoms with Crippen molar-refractivity contribution in [2.75, 3.05) is 17.1 Å². The number of hydrogen-bond acceptors (Lipinski definition) is 6. The highest BCUT2D eigenvalue weighted by Gasteiger charge is 2.35. The third-order valence-electron chi connectivity index (χ3n) is 6.39. The molecule has 0 saturated carbocycles. The second kappa shape index (κ2) is 13.3. The lowest BCUT2D eigenvalue weighted by Gasteiger charge is -2.35. The molecule has 0 spiro atoms. The van der Waals surface area contributed by atoms with Gasteiger partial charge in [0.15, 0.2) is 0 Å². The van der Waals surface area contributed by atoms with Gasteiger partial charge < -0.3 is 10.2 Å². The van der Waals surface area contributed by atoms with E-state index in [4.69, 9.17) is 11.6 Å². The monoisotopic (exact) mass is 614 g/mol. The number of hydrogen-bond donors (Lipinski definition) is 1. The zero-order valence-electron chi connectivity index (χ0n) is 24.2. The van der Waals surface area contributed by atoms with E-state index < -0.39 is 44.9 Å². The SMILES string of the molecule is Cc1ccc([N+](=O)[O-])cc1N(CC(=O)N(Cc1ccc(Cl)cc1)[C@@H](Cc1ccccc1)C(=O)NC(C)(C)C)S(C)(=O)=O. The second-order valence-electron chi connectivity index (χ2n) is 11.1. The van der Waals surface area contributed by atoms with Crippen molar-refractivity contribution in [1.29, 1.82) is 0 Å². The highest BCUT2D eigenvalue weighted by atomic mass is 35.5. The predicted molar refractivity (Wildman–Crippen MR) is 164 cm³/mol. The molecule has 0 aliphatic heterocycles. The van der Waals surface area contributed by atoms with Gasteiger partial charge in [-0.1, -0.05) is 60.1 Å². The van der Waals surface area contributed by atoms with Crippen LogP contribution in [0.5, 0.6) is 0 Å². The summed E-state index contributed by atoms with van der Waals surface area (Å²) in [6.07, 6.45) is 1.09. The lowest BCUT2D eigenvalue weighted by Crippen LogP contribution is -2.56. The molecule has 10 nitrogen and oxygen atoms in total. The summed E-state index contributed by atoms with van der Waals surface area (Å²) < 4.78 is 26.8. The number of nitro groups is 1. The van der Waals surface area contributed by atoms with Crippen LogP contribution in [-0.2, 0) is 32.6 Å². The second-order valence-corrected chi connectivity index (χ2v) is 13.4. The van der Waals surface area contributed by atoms with Crippen LogP contribution in [0.15, 0.2) is 72.8 Å². The van der Waals surface area contributed by atoms with Crippen molar-refractivity contribution in [2.45, 2.75) is 52.2 Å². The van der Waals surface area contributed by atoms with Crippen LogP contribution in [0.1, 0.15) is 37.5 Å². The van der Waals surface area contributed by atoms with Crippen LogP contribution in [0.4, 0.5) is 11.4 Å². The Labute approximate surface area is 251 Å². The minimum Gasteiger partial charge on any atom is -0.350 e. The molecule has 3 rings (SSSR count). The molecular weight excluding hydrogens is 580 g/mol. The molecule has 12 heteroatoms. The van der Waals surface area contributed by atoms with Gasteiger partial charge in [-0.05, 0) is 56.5 Å². The number of non-ortho nitro benzene ring substituents is 1. The highest BCUT2D eigenvalue weighted by Crippen LogP contribution is 2.28. The predicted octanol–water partition coefficient (Wildman–Crippen LogP) is 4.88. The third-order valence-corrected chi connectivity index (χ3v) is 7.77. The maximum absolute atomic E-state index is 14.2. The number of nitrogens with zero attached hydrogens (tertiary/aromatic N) is 3. The number of carbonyl (C=O) groups is 2. The number of nitrogens with one attached hydrogen (secondary N) is 1. The molecule has 2 amide bonds. The van der Waals surface area contributed by atoms with Crippen LogP contribution in [-0.4, -0.2) is 54.4 Å². The lowest BCUT2D eigenvalue weighted by atomic mass is 10.0. The first kappa shape index (κ1) is 32.6. The molecular formula is C30H35ClN4O6S. The Morgan fingerprint density at radius 3 is 2.17 bits per heavy atom. The molecule has 0 aliphatic rings. The smallest absolute Gasteiger partial charge is 0.271 e. The number of anilines is 1. The average Bonchev–Trinajstić information content (AvgIpc) is 2.89. The molecule has 0 aromatic heterocycles. The summed E-state index contributed by atoms with van der Waals surface area (Å²) in [5, 5.41) is 14.9. The summed E-state index contributed by atoms with van der Waals surface area (Å²) in [4.78, 5) is 40.1. The molecule has 42 heavy (non-hydrogen) atoms. The fourth-order valence-electron chi connectivity index (χ4n) is 4.37. The van der Waals surface area contributed by atoms with Gasteiger partial charge in [-0.15, -0.1) is 0 Å². The number of amides is 2. The molecule has 3 aromatic rings. The van der Waals surface area contributed by atoms with Crippen LogP contribution >= 0.6 is 11.6 Å². The van der Waals surface area contributed by atoms with Crippen molar-refractivity contribution in [3.63, 3.8) is 0 Å². The van der Waals surface area contributed by atoms with E-state index in [1.54, 1.807) is 31.2 Å². The lowest BCUT2D eigenvalue weighted by molar-refractivity contribution is -0.384. The molecule has 1 atom stereocenters. The maximum atomic E-state index is 14.2.